The number of anilines is 3. The van der Waals surface area contributed by atoms with Crippen molar-refractivity contribution in [2.75, 3.05) is 36.4 Å². The number of aromatic nitrogens is 1. The van der Waals surface area contributed by atoms with E-state index in [0.717, 1.165) is 48.5 Å². The van der Waals surface area contributed by atoms with Crippen LogP contribution in [0, 0.1) is 0 Å². The average molecular weight is 443 g/mol. The van der Waals surface area contributed by atoms with E-state index >= 15 is 0 Å². The molecule has 2 heterocycles. The standard InChI is InChI=1S/C26H23ClN4O/c27-20-8-11-23-24(12-13-28-25(23)18-20)29-21-9-6-19(7-10-21)26(32)31-16-14-30(15-17-31)22-4-2-1-3-5-22/h1-13,18H,14-17H2,(H,28,29). The second-order valence-corrected chi connectivity index (χ2v) is 8.27. The molecule has 5 rings (SSSR count). The summed E-state index contributed by atoms with van der Waals surface area (Å²) in [4.78, 5) is 21.6. The first-order chi connectivity index (χ1) is 15.7. The van der Waals surface area contributed by atoms with Gasteiger partial charge in [0.05, 0.1) is 5.52 Å². The molecule has 0 unspecified atom stereocenters. The molecule has 0 radical (unpaired) electrons. The smallest absolute Gasteiger partial charge is 0.253 e. The largest absolute Gasteiger partial charge is 0.368 e. The molecule has 0 bridgehead atoms. The van der Waals surface area contributed by atoms with Crippen molar-refractivity contribution in [2.45, 2.75) is 0 Å². The van der Waals surface area contributed by atoms with E-state index in [1.807, 2.05) is 71.6 Å². The lowest BCUT2D eigenvalue weighted by molar-refractivity contribution is 0.0747. The zero-order valence-corrected chi connectivity index (χ0v) is 18.3. The number of nitrogens with zero attached hydrogens (tertiary/aromatic N) is 3. The van der Waals surface area contributed by atoms with Crippen molar-refractivity contribution < 1.29 is 4.79 Å². The maximum absolute atomic E-state index is 13.0. The third-order valence-electron chi connectivity index (χ3n) is 5.80. The molecule has 1 aliphatic heterocycles. The number of amides is 1. The molecule has 1 amide bonds. The predicted molar refractivity (Wildman–Crippen MR) is 131 cm³/mol. The number of hydrogen-bond donors (Lipinski definition) is 1. The van der Waals surface area contributed by atoms with Gasteiger partial charge in [0.15, 0.2) is 0 Å². The SMILES string of the molecule is O=C(c1ccc(Nc2ccnc3cc(Cl)ccc23)cc1)N1CCN(c2ccccc2)CC1. The van der Waals surface area contributed by atoms with Gasteiger partial charge in [-0.1, -0.05) is 29.8 Å². The van der Waals surface area contributed by atoms with Crippen molar-refractivity contribution >= 4 is 45.5 Å². The summed E-state index contributed by atoms with van der Waals surface area (Å²) in [6.07, 6.45) is 1.76. The summed E-state index contributed by atoms with van der Waals surface area (Å²) in [6, 6.07) is 25.6. The van der Waals surface area contributed by atoms with E-state index < -0.39 is 0 Å². The van der Waals surface area contributed by atoms with Crippen molar-refractivity contribution in [3.8, 4) is 0 Å². The Hall–Kier alpha value is -3.57. The third kappa shape index (κ3) is 4.25. The van der Waals surface area contributed by atoms with E-state index in [4.69, 9.17) is 11.6 Å². The minimum absolute atomic E-state index is 0.0771. The lowest BCUT2D eigenvalue weighted by Crippen LogP contribution is -2.48. The number of rotatable bonds is 4. The lowest BCUT2D eigenvalue weighted by atomic mass is 10.1. The molecule has 160 valence electrons. The highest BCUT2D eigenvalue weighted by molar-refractivity contribution is 6.31. The number of piperazine rings is 1. The number of hydrogen-bond acceptors (Lipinski definition) is 4. The maximum atomic E-state index is 13.0. The first-order valence-corrected chi connectivity index (χ1v) is 11.1. The van der Waals surface area contributed by atoms with Crippen LogP contribution in [0.2, 0.25) is 5.02 Å². The molecule has 4 aromatic rings. The van der Waals surface area contributed by atoms with Crippen LogP contribution in [0.5, 0.6) is 0 Å². The Bertz CT molecular complexity index is 1240. The summed E-state index contributed by atoms with van der Waals surface area (Å²) in [5.74, 6) is 0.0771. The quantitative estimate of drug-likeness (QED) is 0.447. The van der Waals surface area contributed by atoms with Crippen molar-refractivity contribution in [2.24, 2.45) is 0 Å². The Labute approximate surface area is 192 Å². The fourth-order valence-corrected chi connectivity index (χ4v) is 4.24. The van der Waals surface area contributed by atoms with Crippen LogP contribution < -0.4 is 10.2 Å². The van der Waals surface area contributed by atoms with Crippen LogP contribution in [-0.2, 0) is 0 Å². The lowest BCUT2D eigenvalue weighted by Gasteiger charge is -2.36. The molecule has 1 N–H and O–H groups in total. The van der Waals surface area contributed by atoms with Crippen LogP contribution in [-0.4, -0.2) is 42.0 Å². The van der Waals surface area contributed by atoms with E-state index in [1.54, 1.807) is 6.20 Å². The van der Waals surface area contributed by atoms with Crippen LogP contribution in [0.3, 0.4) is 0 Å². The summed E-state index contributed by atoms with van der Waals surface area (Å²) in [7, 11) is 0. The average Bonchev–Trinajstić information content (AvgIpc) is 2.85. The Kier molecular flexibility index (Phi) is 5.65. The van der Waals surface area contributed by atoms with E-state index in [2.05, 4.69) is 27.3 Å². The second-order valence-electron chi connectivity index (χ2n) is 7.84. The molecule has 1 saturated heterocycles. The van der Waals surface area contributed by atoms with Gasteiger partial charge < -0.3 is 15.1 Å². The first kappa shape index (κ1) is 20.3. The summed E-state index contributed by atoms with van der Waals surface area (Å²) < 4.78 is 0. The predicted octanol–water partition coefficient (Wildman–Crippen LogP) is 5.59. The molecule has 5 nitrogen and oxygen atoms in total. The highest BCUT2D eigenvalue weighted by atomic mass is 35.5. The van der Waals surface area contributed by atoms with Gasteiger partial charge in [0, 0.05) is 65.4 Å². The Morgan fingerprint density at radius 1 is 0.875 bits per heavy atom. The number of halogens is 1. The minimum Gasteiger partial charge on any atom is -0.368 e. The molecule has 0 aliphatic carbocycles. The molecule has 32 heavy (non-hydrogen) atoms. The van der Waals surface area contributed by atoms with E-state index in [-0.39, 0.29) is 5.91 Å². The van der Waals surface area contributed by atoms with Gasteiger partial charge in [-0.2, -0.15) is 0 Å². The number of para-hydroxylation sites is 1. The minimum atomic E-state index is 0.0771. The zero-order chi connectivity index (χ0) is 21.9. The third-order valence-corrected chi connectivity index (χ3v) is 6.04. The Morgan fingerprint density at radius 2 is 1.62 bits per heavy atom. The number of carbonyl (C=O) groups excluding carboxylic acids is 1. The van der Waals surface area contributed by atoms with Gasteiger partial charge >= 0.3 is 0 Å². The normalized spacial score (nSPS) is 13.9. The molecule has 0 spiro atoms. The van der Waals surface area contributed by atoms with Crippen LogP contribution in [0.25, 0.3) is 10.9 Å². The topological polar surface area (TPSA) is 48.5 Å². The monoisotopic (exact) mass is 442 g/mol. The van der Waals surface area contributed by atoms with Gasteiger partial charge in [0.2, 0.25) is 0 Å². The number of fused-ring (bicyclic) bond motifs is 1. The summed E-state index contributed by atoms with van der Waals surface area (Å²) in [6.45, 7) is 3.13. The van der Waals surface area contributed by atoms with E-state index in [9.17, 15) is 4.79 Å². The van der Waals surface area contributed by atoms with Crippen LogP contribution >= 0.6 is 11.6 Å². The van der Waals surface area contributed by atoms with Crippen molar-refractivity contribution in [3.63, 3.8) is 0 Å². The maximum Gasteiger partial charge on any atom is 0.253 e. The highest BCUT2D eigenvalue weighted by Crippen LogP contribution is 2.27. The molecule has 1 aromatic heterocycles. The van der Waals surface area contributed by atoms with Gasteiger partial charge in [0.1, 0.15) is 0 Å². The fourth-order valence-electron chi connectivity index (χ4n) is 4.07. The van der Waals surface area contributed by atoms with Gasteiger partial charge in [-0.15, -0.1) is 0 Å². The van der Waals surface area contributed by atoms with E-state index in [0.29, 0.717) is 10.6 Å². The van der Waals surface area contributed by atoms with Gasteiger partial charge in [-0.05, 0) is 60.7 Å². The van der Waals surface area contributed by atoms with Crippen LogP contribution in [0.1, 0.15) is 10.4 Å². The van der Waals surface area contributed by atoms with E-state index in [1.165, 1.54) is 5.69 Å². The molecular formula is C26H23ClN4O. The molecule has 1 fully saturated rings. The molecular weight excluding hydrogens is 420 g/mol. The number of carbonyl (C=O) groups is 1. The number of pyridine rings is 1. The summed E-state index contributed by atoms with van der Waals surface area (Å²) >= 11 is 6.08. The summed E-state index contributed by atoms with van der Waals surface area (Å²) in [5, 5.41) is 5.08. The van der Waals surface area contributed by atoms with Gasteiger partial charge in [0.25, 0.3) is 5.91 Å². The van der Waals surface area contributed by atoms with Crippen molar-refractivity contribution in [1.29, 1.82) is 0 Å². The van der Waals surface area contributed by atoms with Crippen molar-refractivity contribution in [3.05, 3.63) is 95.6 Å². The number of benzene rings is 3. The summed E-state index contributed by atoms with van der Waals surface area (Å²) in [5.41, 5.74) is 4.61. The van der Waals surface area contributed by atoms with Crippen LogP contribution in [0.4, 0.5) is 17.1 Å². The zero-order valence-electron chi connectivity index (χ0n) is 17.5. The second kappa shape index (κ2) is 8.89. The number of nitrogens with one attached hydrogen (secondary N) is 1. The molecule has 1 aliphatic rings. The Balaban J connectivity index is 1.25. The Morgan fingerprint density at radius 3 is 2.38 bits per heavy atom. The molecule has 3 aromatic carbocycles. The van der Waals surface area contributed by atoms with Crippen molar-refractivity contribution in [1.82, 2.24) is 9.88 Å². The molecule has 6 heteroatoms. The van der Waals surface area contributed by atoms with Gasteiger partial charge in [-0.25, -0.2) is 0 Å². The highest BCUT2D eigenvalue weighted by Gasteiger charge is 2.22. The molecule has 0 saturated carbocycles. The molecule has 0 atom stereocenters. The first-order valence-electron chi connectivity index (χ1n) is 10.7. The van der Waals surface area contributed by atoms with Crippen LogP contribution in [0.15, 0.2) is 85.1 Å². The fraction of sp³-hybridized carbons (Fsp3) is 0.154. The van der Waals surface area contributed by atoms with Gasteiger partial charge in [-0.3, -0.25) is 9.78 Å².